The van der Waals surface area contributed by atoms with Crippen molar-refractivity contribution >= 4 is 49.0 Å². The molecule has 2 aliphatic heterocycles. The summed E-state index contributed by atoms with van der Waals surface area (Å²) in [4.78, 5) is 17.7. The largest absolute Gasteiger partial charge is 0.338 e. The molecule has 3 heterocycles. The van der Waals surface area contributed by atoms with E-state index >= 15 is 0 Å². The quantitative estimate of drug-likeness (QED) is 0.699. The van der Waals surface area contributed by atoms with Gasteiger partial charge in [0.2, 0.25) is 5.91 Å². The summed E-state index contributed by atoms with van der Waals surface area (Å²) in [6.07, 6.45) is 2.68. The number of nitrogens with zero attached hydrogens (tertiary/aromatic N) is 2. The number of amides is 1. The Hall–Kier alpha value is -1.19. The van der Waals surface area contributed by atoms with E-state index in [4.69, 9.17) is 11.6 Å². The molecule has 0 aliphatic carbocycles. The van der Waals surface area contributed by atoms with Crippen LogP contribution in [0.1, 0.15) is 40.0 Å². The van der Waals surface area contributed by atoms with Gasteiger partial charge < -0.3 is 9.80 Å². The number of thiophene rings is 1. The van der Waals surface area contributed by atoms with Crippen LogP contribution >= 0.6 is 22.9 Å². The van der Waals surface area contributed by atoms with Gasteiger partial charge in [-0.15, -0.1) is 11.3 Å². The predicted octanol–water partition coefficient (Wildman–Crippen LogP) is 3.94. The summed E-state index contributed by atoms with van der Waals surface area (Å²) < 4.78 is 30.0. The molecule has 0 radical (unpaired) electrons. The third kappa shape index (κ3) is 4.78. The highest BCUT2D eigenvalue weighted by molar-refractivity contribution is 7.91. The van der Waals surface area contributed by atoms with Crippen molar-refractivity contribution in [3.63, 3.8) is 0 Å². The third-order valence-corrected chi connectivity index (χ3v) is 9.87. The van der Waals surface area contributed by atoms with Gasteiger partial charge in [-0.25, -0.2) is 8.42 Å². The molecule has 2 unspecified atom stereocenters. The number of rotatable bonds is 5. The smallest absolute Gasteiger partial charge is 0.250 e. The van der Waals surface area contributed by atoms with Gasteiger partial charge in [0.05, 0.1) is 0 Å². The molecule has 170 valence electrons. The third-order valence-electron chi connectivity index (χ3n) is 6.62. The van der Waals surface area contributed by atoms with Crippen molar-refractivity contribution < 1.29 is 13.2 Å². The molecule has 2 aliphatic rings. The Morgan fingerprint density at radius 1 is 1.13 bits per heavy atom. The van der Waals surface area contributed by atoms with Gasteiger partial charge in [0.15, 0.2) is 0 Å². The molecule has 0 bridgehead atoms. The van der Waals surface area contributed by atoms with Crippen LogP contribution in [0.5, 0.6) is 0 Å². The minimum Gasteiger partial charge on any atom is -0.338 e. The fourth-order valence-corrected chi connectivity index (χ4v) is 7.61. The van der Waals surface area contributed by atoms with Crippen LogP contribution in [-0.2, 0) is 14.8 Å². The molecule has 1 N–H and O–H groups in total. The van der Waals surface area contributed by atoms with E-state index < -0.39 is 16.1 Å². The van der Waals surface area contributed by atoms with E-state index in [1.807, 2.05) is 17.9 Å². The number of piperidine rings is 2. The monoisotopic (exact) mass is 483 g/mol. The minimum absolute atomic E-state index is 0.0434. The number of sulfonamides is 1. The van der Waals surface area contributed by atoms with Gasteiger partial charge >= 0.3 is 0 Å². The number of nitrogens with one attached hydrogen (secondary N) is 1. The lowest BCUT2D eigenvalue weighted by atomic mass is 9.90. The van der Waals surface area contributed by atoms with Crippen LogP contribution in [-0.4, -0.2) is 61.9 Å². The van der Waals surface area contributed by atoms with E-state index in [0.717, 1.165) is 42.4 Å². The fourth-order valence-electron chi connectivity index (χ4n) is 4.62. The molecule has 2 fully saturated rings. The zero-order valence-corrected chi connectivity index (χ0v) is 20.6. The molecule has 6 nitrogen and oxygen atoms in total. The predicted molar refractivity (Wildman–Crippen MR) is 126 cm³/mol. The lowest BCUT2D eigenvalue weighted by Gasteiger charge is -2.44. The first kappa shape index (κ1) is 23.0. The fraction of sp³-hybridized carbons (Fsp3) is 0.591. The number of fused-ring (bicyclic) bond motifs is 1. The Bertz CT molecular complexity index is 1060. The molecule has 2 atom stereocenters. The maximum absolute atomic E-state index is 13.3. The number of carbonyl (C=O) groups is 1. The second-order valence-electron chi connectivity index (χ2n) is 9.01. The summed E-state index contributed by atoms with van der Waals surface area (Å²) in [6.45, 7) is 8.99. The van der Waals surface area contributed by atoms with Gasteiger partial charge in [-0.05, 0) is 62.6 Å². The highest BCUT2D eigenvalue weighted by Gasteiger charge is 2.40. The molecule has 2 aromatic rings. The number of halogens is 1. The van der Waals surface area contributed by atoms with Crippen molar-refractivity contribution in [3.05, 3.63) is 29.3 Å². The summed E-state index contributed by atoms with van der Waals surface area (Å²) >= 11 is 7.22. The molecule has 4 rings (SSSR count). The molecule has 31 heavy (non-hydrogen) atoms. The maximum Gasteiger partial charge on any atom is 0.250 e. The van der Waals surface area contributed by atoms with E-state index in [1.165, 1.54) is 11.3 Å². The molecule has 1 amide bonds. The van der Waals surface area contributed by atoms with Crippen LogP contribution in [0.25, 0.3) is 10.1 Å². The maximum atomic E-state index is 13.3. The van der Waals surface area contributed by atoms with Gasteiger partial charge in [0.1, 0.15) is 10.3 Å². The van der Waals surface area contributed by atoms with Crippen LogP contribution in [0.4, 0.5) is 0 Å². The van der Waals surface area contributed by atoms with E-state index in [2.05, 4.69) is 23.5 Å². The van der Waals surface area contributed by atoms with Crippen molar-refractivity contribution in [2.24, 2.45) is 5.92 Å². The van der Waals surface area contributed by atoms with E-state index in [1.54, 1.807) is 18.2 Å². The minimum atomic E-state index is -3.80. The normalized spacial score (nSPS) is 24.4. The Morgan fingerprint density at radius 3 is 2.52 bits per heavy atom. The van der Waals surface area contributed by atoms with Crippen molar-refractivity contribution in [2.75, 3.05) is 19.6 Å². The topological polar surface area (TPSA) is 69.7 Å². The Morgan fingerprint density at radius 2 is 1.84 bits per heavy atom. The van der Waals surface area contributed by atoms with Crippen molar-refractivity contribution in [2.45, 2.75) is 62.4 Å². The van der Waals surface area contributed by atoms with Crippen LogP contribution in [0.2, 0.25) is 5.02 Å². The van der Waals surface area contributed by atoms with Crippen molar-refractivity contribution in [1.29, 1.82) is 0 Å². The lowest BCUT2D eigenvalue weighted by Crippen LogP contribution is -2.60. The lowest BCUT2D eigenvalue weighted by molar-refractivity contribution is -0.141. The molecule has 2 saturated heterocycles. The second kappa shape index (κ2) is 8.98. The van der Waals surface area contributed by atoms with E-state index in [0.29, 0.717) is 17.6 Å². The molecular weight excluding hydrogens is 454 g/mol. The number of hydrogen-bond acceptors (Lipinski definition) is 5. The number of benzene rings is 1. The molecule has 1 aromatic carbocycles. The van der Waals surface area contributed by atoms with Crippen LogP contribution in [0.15, 0.2) is 28.5 Å². The zero-order chi connectivity index (χ0) is 22.3. The summed E-state index contributed by atoms with van der Waals surface area (Å²) in [5, 5.41) is 1.40. The summed E-state index contributed by atoms with van der Waals surface area (Å²) in [5.74, 6) is -0.132. The molecule has 9 heteroatoms. The second-order valence-corrected chi connectivity index (χ2v) is 12.5. The first-order valence-corrected chi connectivity index (χ1v) is 13.6. The first-order valence-electron chi connectivity index (χ1n) is 10.9. The summed E-state index contributed by atoms with van der Waals surface area (Å²) in [7, 11) is -3.80. The average molecular weight is 484 g/mol. The van der Waals surface area contributed by atoms with Gasteiger partial charge in [-0.3, -0.25) is 4.79 Å². The Labute approximate surface area is 193 Å². The SMILES string of the molecule is CC1CCN(C2CCN(C(C)C)CC2)C(=O)C1NS(=O)(=O)c1cc2ccc(Cl)cc2s1. The van der Waals surface area contributed by atoms with Crippen LogP contribution in [0, 0.1) is 5.92 Å². The number of hydrogen-bond donors (Lipinski definition) is 1. The van der Waals surface area contributed by atoms with Crippen molar-refractivity contribution in [1.82, 2.24) is 14.5 Å². The highest BCUT2D eigenvalue weighted by atomic mass is 35.5. The van der Waals surface area contributed by atoms with E-state index in [-0.39, 0.29) is 22.1 Å². The zero-order valence-electron chi connectivity index (χ0n) is 18.2. The van der Waals surface area contributed by atoms with Gasteiger partial charge in [-0.1, -0.05) is 24.6 Å². The first-order chi connectivity index (χ1) is 14.7. The van der Waals surface area contributed by atoms with E-state index in [9.17, 15) is 13.2 Å². The van der Waals surface area contributed by atoms with Gasteiger partial charge in [0, 0.05) is 41.4 Å². The molecule has 0 spiro atoms. The molecule has 1 aromatic heterocycles. The number of carbonyl (C=O) groups excluding carboxylic acids is 1. The van der Waals surface area contributed by atoms with Gasteiger partial charge in [-0.2, -0.15) is 4.72 Å². The average Bonchev–Trinajstić information content (AvgIpc) is 3.15. The molecular formula is C22H30ClN3O3S2. The van der Waals surface area contributed by atoms with Crippen LogP contribution in [0.3, 0.4) is 0 Å². The van der Waals surface area contributed by atoms with Gasteiger partial charge in [0.25, 0.3) is 10.0 Å². The summed E-state index contributed by atoms with van der Waals surface area (Å²) in [5.41, 5.74) is 0. The van der Waals surface area contributed by atoms with Crippen LogP contribution < -0.4 is 4.72 Å². The molecule has 0 saturated carbocycles. The highest BCUT2D eigenvalue weighted by Crippen LogP contribution is 2.32. The Kier molecular flexibility index (Phi) is 6.66. The summed E-state index contributed by atoms with van der Waals surface area (Å²) in [6, 6.07) is 6.94. The standard InChI is InChI=1S/C22H30ClN3O3S2/c1-14(2)25-9-7-18(8-10-25)26-11-6-15(3)21(22(26)27)24-31(28,29)20-12-16-4-5-17(23)13-19(16)30-20/h4-5,12-15,18,21,24H,6-11H2,1-3H3. The van der Waals surface area contributed by atoms with Crippen molar-refractivity contribution in [3.8, 4) is 0 Å². The number of likely N-dealkylation sites (tertiary alicyclic amines) is 2. The Balaban J connectivity index is 1.50.